The fraction of sp³-hybridized carbons (Fsp3) is 0.405. The van der Waals surface area contributed by atoms with Gasteiger partial charge in [0.05, 0.1) is 24.2 Å². The van der Waals surface area contributed by atoms with Gasteiger partial charge < -0.3 is 31.1 Å². The summed E-state index contributed by atoms with van der Waals surface area (Å²) in [5.41, 5.74) is 9.48. The fourth-order valence-electron chi connectivity index (χ4n) is 7.02. The number of nitrogens with two attached hydrogens (primary N) is 1. The molecule has 270 valence electrons. The molecule has 1 aliphatic carbocycles. The fourth-order valence-corrected chi connectivity index (χ4v) is 7.02. The molecule has 9 nitrogen and oxygen atoms in total. The van der Waals surface area contributed by atoms with E-state index in [1.807, 2.05) is 78.9 Å². The minimum absolute atomic E-state index is 0.0491. The predicted octanol–water partition coefficient (Wildman–Crippen LogP) is 6.21. The molecule has 1 saturated carbocycles. The Bertz CT molecular complexity index is 1710. The molecule has 1 amide bonds. The van der Waals surface area contributed by atoms with E-state index in [1.165, 1.54) is 5.56 Å². The van der Waals surface area contributed by atoms with Crippen molar-refractivity contribution in [1.82, 2.24) is 4.98 Å². The Balaban J connectivity index is 0.983. The number of nitrogens with one attached hydrogen (secondary N) is 1. The van der Waals surface area contributed by atoms with Crippen LogP contribution < -0.4 is 11.1 Å². The number of allylic oxidation sites excluding steroid dienone is 2. The van der Waals surface area contributed by atoms with Crippen molar-refractivity contribution in [2.45, 2.75) is 88.6 Å². The smallest absolute Gasteiger partial charge is 0.306 e. The van der Waals surface area contributed by atoms with Crippen LogP contribution in [0.3, 0.4) is 0 Å². The number of unbranched alkanes of at least 4 members (excludes halogenated alkanes) is 1. The van der Waals surface area contributed by atoms with Crippen LogP contribution in [0.2, 0.25) is 0 Å². The second kappa shape index (κ2) is 19.3. The van der Waals surface area contributed by atoms with Gasteiger partial charge in [0.2, 0.25) is 5.91 Å². The van der Waals surface area contributed by atoms with Crippen LogP contribution in [-0.2, 0) is 27.4 Å². The molecule has 0 radical (unpaired) electrons. The lowest BCUT2D eigenvalue weighted by atomic mass is 9.85. The number of nitrogens with zero attached hydrogens (tertiary/aromatic N) is 1. The highest BCUT2D eigenvalue weighted by Gasteiger charge is 2.40. The number of fused-ring (bicyclic) bond motifs is 1. The van der Waals surface area contributed by atoms with Crippen molar-refractivity contribution >= 4 is 28.3 Å². The van der Waals surface area contributed by atoms with Gasteiger partial charge in [-0.3, -0.25) is 14.6 Å². The molecule has 9 heteroatoms. The van der Waals surface area contributed by atoms with Gasteiger partial charge in [-0.25, -0.2) is 0 Å². The summed E-state index contributed by atoms with van der Waals surface area (Å²) in [6, 6.07) is 25.0. The van der Waals surface area contributed by atoms with Gasteiger partial charge in [0.25, 0.3) is 0 Å². The number of aliphatic hydroxyl groups excluding tert-OH is 3. The maximum atomic E-state index is 13.1. The first-order chi connectivity index (χ1) is 24.8. The Kier molecular flexibility index (Phi) is 14.3. The van der Waals surface area contributed by atoms with E-state index in [-0.39, 0.29) is 43.3 Å². The largest absolute Gasteiger partial charge is 0.461 e. The number of carbonyl (C=O) groups excluding carboxylic acids is 2. The van der Waals surface area contributed by atoms with Crippen LogP contribution in [0.1, 0.15) is 74.0 Å². The van der Waals surface area contributed by atoms with E-state index in [0.717, 1.165) is 28.3 Å². The third-order valence-electron chi connectivity index (χ3n) is 10.0. The lowest BCUT2D eigenvalue weighted by Gasteiger charge is -2.23. The normalized spacial score (nSPS) is 20.0. The van der Waals surface area contributed by atoms with Crippen LogP contribution >= 0.6 is 0 Å². The van der Waals surface area contributed by atoms with Crippen LogP contribution in [0.4, 0.5) is 5.69 Å². The molecule has 0 aliphatic heterocycles. The summed E-state index contributed by atoms with van der Waals surface area (Å²) in [5.74, 6) is -1.10. The first-order valence-corrected chi connectivity index (χ1v) is 18.1. The van der Waals surface area contributed by atoms with Gasteiger partial charge in [-0.15, -0.1) is 0 Å². The van der Waals surface area contributed by atoms with Crippen molar-refractivity contribution in [2.75, 3.05) is 11.9 Å². The summed E-state index contributed by atoms with van der Waals surface area (Å²) in [4.78, 5) is 29.6. The maximum absolute atomic E-state index is 13.1. The lowest BCUT2D eigenvalue weighted by Crippen LogP contribution is -2.27. The van der Waals surface area contributed by atoms with Gasteiger partial charge in [0.15, 0.2) is 0 Å². The molecule has 0 saturated heterocycles. The molecule has 51 heavy (non-hydrogen) atoms. The molecule has 1 aromatic heterocycles. The molecule has 4 aromatic rings. The van der Waals surface area contributed by atoms with Gasteiger partial charge in [-0.2, -0.15) is 0 Å². The number of aryl methyl sites for hydroxylation is 1. The highest BCUT2D eigenvalue weighted by molar-refractivity contribution is 5.98. The topological polar surface area (TPSA) is 155 Å². The summed E-state index contributed by atoms with van der Waals surface area (Å²) in [7, 11) is 0. The lowest BCUT2D eigenvalue weighted by molar-refractivity contribution is -0.145. The summed E-state index contributed by atoms with van der Waals surface area (Å²) >= 11 is 0. The predicted molar refractivity (Wildman–Crippen MR) is 200 cm³/mol. The number of carbonyl (C=O) groups is 2. The Morgan fingerprint density at radius 1 is 0.922 bits per heavy atom. The Morgan fingerprint density at radius 3 is 2.49 bits per heavy atom. The monoisotopic (exact) mass is 693 g/mol. The Labute approximate surface area is 300 Å². The van der Waals surface area contributed by atoms with E-state index in [1.54, 1.807) is 12.4 Å². The standard InChI is InChI=1S/C42H51N3O6/c43-26-38(42(50)45-34-18-17-33-27-44-23-22-32(33)24-34)31-15-12-30(13-16-31)28-51-41(49)11-7-2-1-6-10-36-37(40(48)25-39(36)47)21-20-35(46)19-14-29-8-4-3-5-9-29/h1,3-6,8-9,12-13,15-18,22-24,27,35-40,46-48H,2,7,10-11,14,19-21,25-26,28,43H2,(H,45,50)/b6-1+/t35-,36+,37+,38?,39-,40+/m0/s1. The number of esters is 1. The highest BCUT2D eigenvalue weighted by atomic mass is 16.5. The van der Waals surface area contributed by atoms with Crippen molar-refractivity contribution in [3.63, 3.8) is 0 Å². The third kappa shape index (κ3) is 11.3. The van der Waals surface area contributed by atoms with E-state index in [9.17, 15) is 24.9 Å². The quantitative estimate of drug-likeness (QED) is 0.0469. The van der Waals surface area contributed by atoms with E-state index in [4.69, 9.17) is 10.5 Å². The number of pyridine rings is 1. The van der Waals surface area contributed by atoms with Gasteiger partial charge >= 0.3 is 5.97 Å². The zero-order chi connectivity index (χ0) is 36.0. The number of aliphatic hydroxyl groups is 3. The summed E-state index contributed by atoms with van der Waals surface area (Å²) < 4.78 is 5.48. The van der Waals surface area contributed by atoms with Crippen LogP contribution in [0.5, 0.6) is 0 Å². The summed E-state index contributed by atoms with van der Waals surface area (Å²) in [6.45, 7) is 0.292. The summed E-state index contributed by atoms with van der Waals surface area (Å²) in [5, 5.41) is 36.7. The van der Waals surface area contributed by atoms with E-state index < -0.39 is 24.2 Å². The first-order valence-electron chi connectivity index (χ1n) is 18.1. The molecular formula is C42H51N3O6. The molecule has 1 aliphatic rings. The van der Waals surface area contributed by atoms with E-state index in [2.05, 4.69) is 22.4 Å². The van der Waals surface area contributed by atoms with Crippen LogP contribution in [0, 0.1) is 11.8 Å². The number of rotatable bonds is 18. The zero-order valence-corrected chi connectivity index (χ0v) is 29.1. The van der Waals surface area contributed by atoms with E-state index in [0.29, 0.717) is 50.6 Å². The Morgan fingerprint density at radius 2 is 1.71 bits per heavy atom. The molecule has 1 unspecified atom stereocenters. The summed E-state index contributed by atoms with van der Waals surface area (Å²) in [6.07, 6.45) is 11.4. The van der Waals surface area contributed by atoms with Gasteiger partial charge in [-0.05, 0) is 103 Å². The minimum Gasteiger partial charge on any atom is -0.461 e. The van der Waals surface area contributed by atoms with Gasteiger partial charge in [-0.1, -0.05) is 72.8 Å². The number of hydrogen-bond acceptors (Lipinski definition) is 8. The van der Waals surface area contributed by atoms with Crippen LogP contribution in [-0.4, -0.2) is 57.0 Å². The number of benzene rings is 3. The minimum atomic E-state index is -0.563. The van der Waals surface area contributed by atoms with Crippen molar-refractivity contribution in [2.24, 2.45) is 17.6 Å². The van der Waals surface area contributed by atoms with Gasteiger partial charge in [0.1, 0.15) is 6.61 Å². The molecule has 3 aromatic carbocycles. The maximum Gasteiger partial charge on any atom is 0.306 e. The van der Waals surface area contributed by atoms with Crippen LogP contribution in [0.15, 0.2) is 103 Å². The second-order valence-corrected chi connectivity index (χ2v) is 13.7. The molecule has 0 bridgehead atoms. The molecule has 0 spiro atoms. The average Bonchev–Trinajstić information content (AvgIpc) is 3.42. The number of aromatic nitrogens is 1. The Hall–Kier alpha value is -4.41. The van der Waals surface area contributed by atoms with Crippen molar-refractivity contribution in [3.8, 4) is 0 Å². The second-order valence-electron chi connectivity index (χ2n) is 13.7. The zero-order valence-electron chi connectivity index (χ0n) is 29.1. The third-order valence-corrected chi connectivity index (χ3v) is 10.0. The molecular weight excluding hydrogens is 642 g/mol. The first kappa shape index (κ1) is 37.8. The average molecular weight is 694 g/mol. The number of ether oxygens (including phenoxy) is 1. The molecule has 6 N–H and O–H groups in total. The van der Waals surface area contributed by atoms with E-state index >= 15 is 0 Å². The molecule has 1 fully saturated rings. The molecule has 6 atom stereocenters. The van der Waals surface area contributed by atoms with Gasteiger partial charge in [0, 0.05) is 36.4 Å². The van der Waals surface area contributed by atoms with Crippen molar-refractivity contribution < 1.29 is 29.6 Å². The van der Waals surface area contributed by atoms with Crippen molar-refractivity contribution in [3.05, 3.63) is 120 Å². The molecule has 5 rings (SSSR count). The van der Waals surface area contributed by atoms with Crippen LogP contribution in [0.25, 0.3) is 10.8 Å². The number of anilines is 1. The number of hydrogen-bond donors (Lipinski definition) is 5. The van der Waals surface area contributed by atoms with Crippen molar-refractivity contribution in [1.29, 1.82) is 0 Å². The highest BCUT2D eigenvalue weighted by Crippen LogP contribution is 2.38. The molecule has 1 heterocycles. The number of amides is 1. The SMILES string of the molecule is NCC(C(=O)Nc1ccc2cnccc2c1)c1ccc(COC(=O)CCC/C=C/C[C@@H]2[C@@H](CC[C@@H](O)CCc3ccccc3)[C@H](O)C[C@@H]2O)cc1.